The van der Waals surface area contributed by atoms with Crippen LogP contribution in [0.1, 0.15) is 41.4 Å². The zero-order valence-corrected chi connectivity index (χ0v) is 14.1. The van der Waals surface area contributed by atoms with Crippen molar-refractivity contribution in [1.29, 1.82) is 0 Å². The number of nitrogens with zero attached hydrogens (tertiary/aromatic N) is 2. The number of thioether (sulfide) groups is 1. The Balaban J connectivity index is 1.87. The summed E-state index contributed by atoms with van der Waals surface area (Å²) in [4.78, 5) is 8.59. The van der Waals surface area contributed by atoms with Crippen LogP contribution < -0.4 is 0 Å². The maximum atomic E-state index is 15.6. The summed E-state index contributed by atoms with van der Waals surface area (Å²) in [5.41, 5.74) is 1.86. The molecule has 0 radical (unpaired) electrons. The van der Waals surface area contributed by atoms with Crippen LogP contribution in [0.5, 0.6) is 0 Å². The average Bonchev–Trinajstić information content (AvgIpc) is 2.92. The van der Waals surface area contributed by atoms with Gasteiger partial charge >= 0.3 is 0 Å². The van der Waals surface area contributed by atoms with Crippen molar-refractivity contribution in [3.63, 3.8) is 0 Å². The predicted molar refractivity (Wildman–Crippen MR) is 87.4 cm³/mol. The Hall–Kier alpha value is -1.20. The van der Waals surface area contributed by atoms with Gasteiger partial charge in [-0.25, -0.2) is 18.7 Å². The SMILES string of the molecule is CSc1nc(Cl)c2c(n1)[C@H](F)C1(CCc3c(F)cccc31)CC2. The van der Waals surface area contributed by atoms with Gasteiger partial charge in [-0.3, -0.25) is 0 Å². The lowest BCUT2D eigenvalue weighted by atomic mass is 9.68. The predicted octanol–water partition coefficient (Wildman–Crippen LogP) is 4.83. The Morgan fingerprint density at radius 3 is 2.70 bits per heavy atom. The largest absolute Gasteiger partial charge is 0.240 e. The van der Waals surface area contributed by atoms with Crippen LogP contribution in [0.2, 0.25) is 5.15 Å². The van der Waals surface area contributed by atoms with Crippen LogP contribution >= 0.6 is 23.4 Å². The molecule has 0 saturated carbocycles. The monoisotopic (exact) mass is 352 g/mol. The highest BCUT2D eigenvalue weighted by Gasteiger charge is 2.50. The second kappa shape index (κ2) is 5.42. The van der Waals surface area contributed by atoms with Crippen molar-refractivity contribution in [2.75, 3.05) is 6.26 Å². The van der Waals surface area contributed by atoms with Crippen LogP contribution in [0, 0.1) is 5.82 Å². The minimum absolute atomic E-state index is 0.233. The summed E-state index contributed by atoms with van der Waals surface area (Å²) in [5, 5.41) is 0.820. The number of benzene rings is 1. The van der Waals surface area contributed by atoms with Gasteiger partial charge < -0.3 is 0 Å². The van der Waals surface area contributed by atoms with Gasteiger partial charge in [-0.15, -0.1) is 0 Å². The number of halogens is 3. The highest BCUT2D eigenvalue weighted by atomic mass is 35.5. The second-order valence-corrected chi connectivity index (χ2v) is 7.28. The molecule has 1 heterocycles. The lowest BCUT2D eigenvalue weighted by molar-refractivity contribution is 0.154. The van der Waals surface area contributed by atoms with E-state index in [1.807, 2.05) is 12.3 Å². The van der Waals surface area contributed by atoms with Crippen LogP contribution in [-0.2, 0) is 18.3 Å². The maximum Gasteiger partial charge on any atom is 0.189 e. The van der Waals surface area contributed by atoms with E-state index in [0.717, 1.165) is 5.56 Å². The van der Waals surface area contributed by atoms with Crippen molar-refractivity contribution in [2.45, 2.75) is 42.4 Å². The Bertz CT molecular complexity index is 798. The summed E-state index contributed by atoms with van der Waals surface area (Å²) < 4.78 is 29.6. The lowest BCUT2D eigenvalue weighted by Crippen LogP contribution is -2.35. The normalized spacial score (nSPS) is 25.5. The van der Waals surface area contributed by atoms with Gasteiger partial charge in [-0.05, 0) is 49.1 Å². The molecule has 1 unspecified atom stereocenters. The molecule has 1 aromatic heterocycles. The molecule has 2 aromatic rings. The molecule has 0 fully saturated rings. The first kappa shape index (κ1) is 15.3. The number of rotatable bonds is 1. The number of hydrogen-bond donors (Lipinski definition) is 0. The molecule has 0 N–H and O–H groups in total. The Labute approximate surface area is 142 Å². The fourth-order valence-electron chi connectivity index (χ4n) is 4.01. The molecule has 4 rings (SSSR count). The Kier molecular flexibility index (Phi) is 3.61. The Morgan fingerprint density at radius 1 is 1.22 bits per heavy atom. The third-order valence-corrected chi connectivity index (χ3v) is 6.03. The van der Waals surface area contributed by atoms with Gasteiger partial charge in [0.1, 0.15) is 11.0 Å². The standard InChI is InChI=1S/C17H15ClF2N2S/c1-23-16-21-13-10(15(18)22-16)6-8-17(14(13)20)7-5-9-11(17)3-2-4-12(9)19/h2-4,14H,5-8H2,1H3/t14-,17?/m0/s1. The van der Waals surface area contributed by atoms with Gasteiger partial charge in [0.15, 0.2) is 11.3 Å². The lowest BCUT2D eigenvalue weighted by Gasteiger charge is -2.38. The van der Waals surface area contributed by atoms with E-state index in [9.17, 15) is 4.39 Å². The molecule has 2 aliphatic rings. The smallest absolute Gasteiger partial charge is 0.189 e. The molecule has 2 aliphatic carbocycles. The molecule has 0 bridgehead atoms. The number of aromatic nitrogens is 2. The zero-order chi connectivity index (χ0) is 16.2. The van der Waals surface area contributed by atoms with Crippen LogP contribution in [0.4, 0.5) is 8.78 Å². The second-order valence-electron chi connectivity index (χ2n) is 6.15. The molecule has 6 heteroatoms. The molecule has 2 nitrogen and oxygen atoms in total. The van der Waals surface area contributed by atoms with Crippen molar-refractivity contribution >= 4 is 23.4 Å². The summed E-state index contributed by atoms with van der Waals surface area (Å²) in [5.74, 6) is -0.233. The highest BCUT2D eigenvalue weighted by molar-refractivity contribution is 7.98. The average molecular weight is 353 g/mol. The topological polar surface area (TPSA) is 25.8 Å². The van der Waals surface area contributed by atoms with Crippen molar-refractivity contribution in [3.05, 3.63) is 51.6 Å². The zero-order valence-electron chi connectivity index (χ0n) is 12.6. The summed E-state index contributed by atoms with van der Waals surface area (Å²) in [6, 6.07) is 4.98. The van der Waals surface area contributed by atoms with Gasteiger partial charge in [0.05, 0.1) is 5.69 Å². The Morgan fingerprint density at radius 2 is 1.96 bits per heavy atom. The van der Waals surface area contributed by atoms with Crippen molar-refractivity contribution in [3.8, 4) is 0 Å². The summed E-state index contributed by atoms with van der Waals surface area (Å²) in [6.45, 7) is 0. The molecule has 0 aliphatic heterocycles. The molecule has 0 amide bonds. The fraction of sp³-hybridized carbons (Fsp3) is 0.412. The first-order valence-corrected chi connectivity index (χ1v) is 9.19. The number of fused-ring (bicyclic) bond motifs is 3. The van der Waals surface area contributed by atoms with Crippen LogP contribution in [0.15, 0.2) is 23.4 Å². The first-order chi connectivity index (χ1) is 11.1. The highest BCUT2D eigenvalue weighted by Crippen LogP contribution is 2.55. The minimum Gasteiger partial charge on any atom is -0.240 e. The van der Waals surface area contributed by atoms with Gasteiger partial charge in [0, 0.05) is 11.0 Å². The van der Waals surface area contributed by atoms with E-state index in [-0.39, 0.29) is 5.82 Å². The fourth-order valence-corrected chi connectivity index (χ4v) is 4.70. The molecular formula is C17H15ClF2N2S. The summed E-state index contributed by atoms with van der Waals surface area (Å²) in [7, 11) is 0. The number of hydrogen-bond acceptors (Lipinski definition) is 3. The molecule has 1 aromatic carbocycles. The first-order valence-electron chi connectivity index (χ1n) is 7.59. The van der Waals surface area contributed by atoms with Crippen molar-refractivity contribution < 1.29 is 8.78 Å². The van der Waals surface area contributed by atoms with Gasteiger partial charge in [0.2, 0.25) is 0 Å². The van der Waals surface area contributed by atoms with Crippen LogP contribution in [0.3, 0.4) is 0 Å². The molecule has 0 saturated heterocycles. The van der Waals surface area contributed by atoms with E-state index in [1.54, 1.807) is 6.07 Å². The van der Waals surface area contributed by atoms with E-state index in [4.69, 9.17) is 11.6 Å². The van der Waals surface area contributed by atoms with Gasteiger partial charge in [-0.2, -0.15) is 0 Å². The summed E-state index contributed by atoms with van der Waals surface area (Å²) in [6.07, 6.45) is 2.98. The van der Waals surface area contributed by atoms with Crippen molar-refractivity contribution in [1.82, 2.24) is 9.97 Å². The van der Waals surface area contributed by atoms with Crippen molar-refractivity contribution in [2.24, 2.45) is 0 Å². The minimum atomic E-state index is -1.28. The van der Waals surface area contributed by atoms with E-state index in [1.165, 1.54) is 17.8 Å². The van der Waals surface area contributed by atoms with Crippen LogP contribution in [0.25, 0.3) is 0 Å². The molecule has 23 heavy (non-hydrogen) atoms. The third-order valence-electron chi connectivity index (χ3n) is 5.17. The van der Waals surface area contributed by atoms with Gasteiger partial charge in [0.25, 0.3) is 0 Å². The molecular weight excluding hydrogens is 338 g/mol. The molecule has 120 valence electrons. The van der Waals surface area contributed by atoms with E-state index < -0.39 is 11.6 Å². The maximum absolute atomic E-state index is 15.6. The van der Waals surface area contributed by atoms with Crippen LogP contribution in [-0.4, -0.2) is 16.2 Å². The third kappa shape index (κ3) is 2.13. The van der Waals surface area contributed by atoms with Gasteiger partial charge in [-0.1, -0.05) is 35.5 Å². The molecule has 1 spiro atoms. The van der Waals surface area contributed by atoms with E-state index in [0.29, 0.717) is 52.8 Å². The number of alkyl halides is 1. The summed E-state index contributed by atoms with van der Waals surface area (Å²) >= 11 is 7.56. The van der Waals surface area contributed by atoms with E-state index in [2.05, 4.69) is 9.97 Å². The van der Waals surface area contributed by atoms with E-state index >= 15 is 4.39 Å². The molecule has 2 atom stereocenters. The quantitative estimate of drug-likeness (QED) is 0.417.